The Morgan fingerprint density at radius 1 is 0.875 bits per heavy atom. The third-order valence-corrected chi connectivity index (χ3v) is 4.27. The van der Waals surface area contributed by atoms with E-state index in [0.29, 0.717) is 41.5 Å². The summed E-state index contributed by atoms with van der Waals surface area (Å²) in [7, 11) is 0. The molecule has 0 bridgehead atoms. The minimum atomic E-state index is -3.31. The number of nitrogens with zero attached hydrogens (tertiary/aromatic N) is 4. The van der Waals surface area contributed by atoms with E-state index < -0.39 is 54.4 Å². The fraction of sp³-hybridized carbons (Fsp3) is 0.417. The molecule has 0 aliphatic carbocycles. The van der Waals surface area contributed by atoms with Crippen LogP contribution in [0.3, 0.4) is 0 Å². The molecule has 4 rings (SSSR count). The molecule has 0 saturated heterocycles. The number of alkyl halides is 2. The minimum absolute atomic E-state index is 0.0156. The first-order chi connectivity index (χ1) is 21.2. The molecule has 32 heavy (non-hydrogen) atoms. The highest BCUT2D eigenvalue weighted by molar-refractivity contribution is 6.18. The van der Waals surface area contributed by atoms with Crippen LogP contribution in [0.1, 0.15) is 45.8 Å². The molecule has 0 radical (unpaired) electrons. The Morgan fingerprint density at radius 2 is 1.41 bits per heavy atom. The van der Waals surface area contributed by atoms with Crippen LogP contribution < -0.4 is 9.47 Å². The number of ether oxygens (including phenoxy) is 2. The van der Waals surface area contributed by atoms with Crippen molar-refractivity contribution in [2.45, 2.75) is 39.7 Å². The molecular weight excluding hydrogens is 447 g/mol. The molecule has 4 aromatic rings. The van der Waals surface area contributed by atoms with Crippen molar-refractivity contribution in [1.82, 2.24) is 19.1 Å². The van der Waals surface area contributed by atoms with E-state index in [1.54, 1.807) is 11.5 Å². The van der Waals surface area contributed by atoms with Crippen LogP contribution in [-0.2, 0) is 13.0 Å². The fourth-order valence-electron chi connectivity index (χ4n) is 2.68. The minimum Gasteiger partial charge on any atom is -0.465 e. The van der Waals surface area contributed by atoms with Gasteiger partial charge < -0.3 is 9.47 Å². The number of para-hydroxylation sites is 4. The Hall–Kier alpha value is -2.44. The van der Waals surface area contributed by atoms with Crippen LogP contribution >= 0.6 is 23.2 Å². The SMILES string of the molecule is [2H]c1c([2H])c([2H])c2c(nc(OCC)n2C([2H])([2H])C([2H])([2H])C([2H])([2H])Cl)c1[2H].[2H]c1c([2H])c([2H])c2c(nc(OCC)n2CCCCl)c1[2H]. The second-order valence-electron chi connectivity index (χ2n) is 5.91. The predicted octanol–water partition coefficient (Wildman–Crippen LogP) is 6.13. The number of aromatic nitrogens is 4. The second kappa shape index (κ2) is 12.6. The van der Waals surface area contributed by atoms with Gasteiger partial charge in [0.05, 0.1) is 46.2 Å². The van der Waals surface area contributed by atoms with Gasteiger partial charge in [-0.3, -0.25) is 9.13 Å². The first-order valence-electron chi connectivity index (χ1n) is 16.7. The number of halogens is 2. The van der Waals surface area contributed by atoms with E-state index in [0.717, 1.165) is 0 Å². The second-order valence-corrected chi connectivity index (χ2v) is 6.48. The lowest BCUT2D eigenvalue weighted by atomic mass is 10.3. The Bertz CT molecular complexity index is 1760. The lowest BCUT2D eigenvalue weighted by molar-refractivity contribution is 0.298. The Morgan fingerprint density at radius 3 is 1.94 bits per heavy atom. The van der Waals surface area contributed by atoms with Crippen molar-refractivity contribution >= 4 is 45.3 Å². The molecule has 0 unspecified atom stereocenters. The molecule has 2 aromatic heterocycles. The Balaban J connectivity index is 0.000000259. The zero-order valence-corrected chi connectivity index (χ0v) is 18.9. The van der Waals surface area contributed by atoms with E-state index in [9.17, 15) is 0 Å². The lowest BCUT2D eigenvalue weighted by Gasteiger charge is -2.07. The van der Waals surface area contributed by atoms with Crippen LogP contribution in [-0.4, -0.2) is 44.0 Å². The van der Waals surface area contributed by atoms with Gasteiger partial charge in [-0.1, -0.05) is 24.2 Å². The first-order valence-corrected chi connectivity index (χ1v) is 10.6. The van der Waals surface area contributed by atoms with Crippen molar-refractivity contribution < 1.29 is 28.7 Å². The van der Waals surface area contributed by atoms with Gasteiger partial charge in [0, 0.05) is 33.0 Å². The maximum absolute atomic E-state index is 8.19. The van der Waals surface area contributed by atoms with E-state index in [-0.39, 0.29) is 41.8 Å². The molecule has 172 valence electrons. The van der Waals surface area contributed by atoms with Gasteiger partial charge in [0.1, 0.15) is 0 Å². The third kappa shape index (κ3) is 5.87. The molecule has 0 atom stereocenters. The number of fused-ring (bicyclic) bond motifs is 2. The smallest absolute Gasteiger partial charge is 0.297 e. The van der Waals surface area contributed by atoms with Crippen molar-refractivity contribution in [3.05, 3.63) is 48.3 Å². The van der Waals surface area contributed by atoms with E-state index in [1.807, 2.05) is 6.92 Å². The van der Waals surface area contributed by atoms with Gasteiger partial charge in [0.15, 0.2) is 0 Å². The molecule has 2 aromatic carbocycles. The van der Waals surface area contributed by atoms with E-state index in [4.69, 9.17) is 51.9 Å². The van der Waals surface area contributed by atoms with Crippen molar-refractivity contribution in [3.63, 3.8) is 0 Å². The van der Waals surface area contributed by atoms with E-state index >= 15 is 0 Å². The summed E-state index contributed by atoms with van der Waals surface area (Å²) < 4.78 is 123. The van der Waals surface area contributed by atoms with E-state index in [2.05, 4.69) is 9.97 Å². The number of imidazole rings is 2. The zero-order valence-electron chi connectivity index (χ0n) is 31.4. The molecule has 0 spiro atoms. The summed E-state index contributed by atoms with van der Waals surface area (Å²) in [6, 6.07) is -3.47. The van der Waals surface area contributed by atoms with Crippen LogP contribution in [0.4, 0.5) is 0 Å². The number of aryl methyl sites for hydroxylation is 2. The summed E-state index contributed by atoms with van der Waals surface area (Å²) in [4.78, 5) is 8.09. The van der Waals surface area contributed by atoms with Gasteiger partial charge in [0.25, 0.3) is 12.0 Å². The summed E-state index contributed by atoms with van der Waals surface area (Å²) >= 11 is 11.1. The summed E-state index contributed by atoms with van der Waals surface area (Å²) in [5.74, 6) is -2.68. The Labute approximate surface area is 218 Å². The normalized spacial score (nSPS) is 18.5. The van der Waals surface area contributed by atoms with Crippen molar-refractivity contribution in [1.29, 1.82) is 0 Å². The van der Waals surface area contributed by atoms with E-state index in [1.165, 1.54) is 0 Å². The lowest BCUT2D eigenvalue weighted by Crippen LogP contribution is -2.04. The molecule has 0 amide bonds. The maximum atomic E-state index is 8.19. The highest BCUT2D eigenvalue weighted by atomic mass is 35.5. The Kier molecular flexibility index (Phi) is 4.56. The molecule has 6 nitrogen and oxygen atoms in total. The maximum Gasteiger partial charge on any atom is 0.297 e. The highest BCUT2D eigenvalue weighted by Gasteiger charge is 2.11. The van der Waals surface area contributed by atoms with Gasteiger partial charge in [-0.25, -0.2) is 0 Å². The van der Waals surface area contributed by atoms with Gasteiger partial charge in [-0.2, -0.15) is 9.97 Å². The molecule has 0 saturated carbocycles. The molecule has 0 N–H and O–H groups in total. The summed E-state index contributed by atoms with van der Waals surface area (Å²) in [6.07, 6.45) is -2.65. The predicted molar refractivity (Wildman–Crippen MR) is 132 cm³/mol. The monoisotopic (exact) mass is 490 g/mol. The molecule has 0 aliphatic heterocycles. The average Bonchev–Trinajstić information content (AvgIpc) is 3.55. The topological polar surface area (TPSA) is 54.1 Å². The van der Waals surface area contributed by atoms with Crippen molar-refractivity contribution in [2.75, 3.05) is 24.9 Å². The van der Waals surface area contributed by atoms with Crippen LogP contribution in [0, 0.1) is 0 Å². The number of benzene rings is 2. The van der Waals surface area contributed by atoms with Crippen molar-refractivity contribution in [2.24, 2.45) is 0 Å². The van der Waals surface area contributed by atoms with Gasteiger partial charge in [0.2, 0.25) is 0 Å². The first kappa shape index (κ1) is 11.6. The molecule has 0 fully saturated rings. The molecule has 0 aliphatic rings. The summed E-state index contributed by atoms with van der Waals surface area (Å²) in [5.41, 5.74) is -0.179. The number of hydrogen-bond donors (Lipinski definition) is 0. The van der Waals surface area contributed by atoms with Gasteiger partial charge in [-0.15, -0.1) is 23.2 Å². The summed E-state index contributed by atoms with van der Waals surface area (Å²) in [6.45, 7) is 1.06. The highest BCUT2D eigenvalue weighted by Crippen LogP contribution is 2.22. The number of hydrogen-bond acceptors (Lipinski definition) is 4. The van der Waals surface area contributed by atoms with Crippen LogP contribution in [0.25, 0.3) is 22.1 Å². The van der Waals surface area contributed by atoms with Crippen LogP contribution in [0.5, 0.6) is 12.0 Å². The number of rotatable bonds is 10. The van der Waals surface area contributed by atoms with Crippen LogP contribution in [0.2, 0.25) is 0 Å². The average molecular weight is 492 g/mol. The van der Waals surface area contributed by atoms with Gasteiger partial charge in [-0.05, 0) is 50.8 Å². The molecule has 8 heteroatoms. The van der Waals surface area contributed by atoms with Gasteiger partial charge >= 0.3 is 0 Å². The fourth-order valence-corrected chi connectivity index (χ4v) is 2.84. The quantitative estimate of drug-likeness (QED) is 0.251. The van der Waals surface area contributed by atoms with Crippen LogP contribution in [0.15, 0.2) is 48.3 Å². The summed E-state index contributed by atoms with van der Waals surface area (Å²) in [5, 5.41) is 0. The standard InChI is InChI=1S/2C12H15ClN2O/c2*1-2-16-12-14-10-6-3-4-7-11(10)15(12)9-5-8-13/h2*3-4,6-7H,2,5,8-9H2,1H3/i3D,4D,5D2,6D,7D,8D2,9D2;3D,4D,6D,7D. The molecular formula is C24H30Cl2N4O2. The molecule has 2 heterocycles. The van der Waals surface area contributed by atoms with Crippen molar-refractivity contribution in [3.8, 4) is 12.0 Å². The third-order valence-electron chi connectivity index (χ3n) is 3.90. The largest absolute Gasteiger partial charge is 0.465 e. The zero-order chi connectivity index (χ0) is 35.1.